The van der Waals surface area contributed by atoms with Crippen LogP contribution in [0.5, 0.6) is 0 Å². The second-order valence-corrected chi connectivity index (χ2v) is 5.13. The summed E-state index contributed by atoms with van der Waals surface area (Å²) in [6.45, 7) is 0. The van der Waals surface area contributed by atoms with Crippen LogP contribution >= 0.6 is 0 Å². The van der Waals surface area contributed by atoms with Gasteiger partial charge in [-0.2, -0.15) is 0 Å². The van der Waals surface area contributed by atoms with Gasteiger partial charge in [0.25, 0.3) is 0 Å². The minimum atomic E-state index is -0.234. The van der Waals surface area contributed by atoms with Crippen molar-refractivity contribution in [3.63, 3.8) is 0 Å². The second kappa shape index (κ2) is 5.87. The van der Waals surface area contributed by atoms with Gasteiger partial charge in [-0.3, -0.25) is 0 Å². The standard InChI is InChI=1S/C12H12Si.Li/c1-3-7-11(8-4-1)13-12-9-5-2-6-10-12;/h1-10H,13H2;. The van der Waals surface area contributed by atoms with Crippen molar-refractivity contribution in [3.05, 3.63) is 60.7 Å². The molecule has 0 aliphatic rings. The van der Waals surface area contributed by atoms with Crippen LogP contribution < -0.4 is 10.4 Å². The third-order valence-electron chi connectivity index (χ3n) is 2.09. The van der Waals surface area contributed by atoms with E-state index in [1.165, 1.54) is 10.4 Å². The van der Waals surface area contributed by atoms with Crippen LogP contribution in [0.1, 0.15) is 0 Å². The smallest absolute Gasteiger partial charge is 0.0633 e. The Balaban J connectivity index is 0.000000980. The molecule has 0 amide bonds. The molecular formula is C12H12LiSi. The van der Waals surface area contributed by atoms with Gasteiger partial charge in [-0.25, -0.2) is 0 Å². The van der Waals surface area contributed by atoms with Crippen molar-refractivity contribution in [1.82, 2.24) is 0 Å². The predicted molar refractivity (Wildman–Crippen MR) is 66.5 cm³/mol. The summed E-state index contributed by atoms with van der Waals surface area (Å²) in [4.78, 5) is 0. The van der Waals surface area contributed by atoms with Gasteiger partial charge in [-0.15, -0.1) is 0 Å². The third-order valence-corrected chi connectivity index (χ3v) is 3.85. The van der Waals surface area contributed by atoms with Gasteiger partial charge < -0.3 is 0 Å². The molecular weight excluding hydrogens is 179 g/mol. The number of rotatable bonds is 2. The van der Waals surface area contributed by atoms with Crippen molar-refractivity contribution in [2.24, 2.45) is 0 Å². The van der Waals surface area contributed by atoms with E-state index in [1.807, 2.05) is 0 Å². The Labute approximate surface area is 99.4 Å². The van der Waals surface area contributed by atoms with Crippen LogP contribution in [0.3, 0.4) is 0 Å². The number of hydrogen-bond acceptors (Lipinski definition) is 0. The van der Waals surface area contributed by atoms with Gasteiger partial charge in [0.15, 0.2) is 0 Å². The Bertz CT molecular complexity index is 321. The average molecular weight is 191 g/mol. The molecule has 2 heteroatoms. The predicted octanol–water partition coefficient (Wildman–Crippen LogP) is 0.425. The van der Waals surface area contributed by atoms with E-state index in [2.05, 4.69) is 60.7 Å². The maximum atomic E-state index is 2.22. The summed E-state index contributed by atoms with van der Waals surface area (Å²) >= 11 is 0. The molecule has 0 fully saturated rings. The molecule has 2 aromatic rings. The van der Waals surface area contributed by atoms with Crippen molar-refractivity contribution in [2.45, 2.75) is 0 Å². The summed E-state index contributed by atoms with van der Waals surface area (Å²) in [7, 11) is -0.234. The molecule has 0 aromatic heterocycles. The number of benzene rings is 2. The normalized spacial score (nSPS) is 9.14. The molecule has 2 rings (SSSR count). The van der Waals surface area contributed by atoms with Crippen LogP contribution in [0.15, 0.2) is 60.7 Å². The van der Waals surface area contributed by atoms with Crippen LogP contribution in [0.2, 0.25) is 0 Å². The summed E-state index contributed by atoms with van der Waals surface area (Å²) in [5.41, 5.74) is 0. The third kappa shape index (κ3) is 3.19. The molecule has 0 heterocycles. The van der Waals surface area contributed by atoms with Crippen molar-refractivity contribution in [2.75, 3.05) is 0 Å². The SMILES string of the molecule is [Li].c1ccc([SiH2]c2ccccc2)cc1. The first-order chi connectivity index (χ1) is 6.45. The Hall–Kier alpha value is -0.746. The monoisotopic (exact) mass is 191 g/mol. The largest absolute Gasteiger partial charge is 0.0875 e. The molecule has 1 radical (unpaired) electrons. The van der Waals surface area contributed by atoms with Crippen molar-refractivity contribution < 1.29 is 0 Å². The molecule has 0 aliphatic heterocycles. The van der Waals surface area contributed by atoms with Crippen molar-refractivity contribution >= 4 is 38.8 Å². The average Bonchev–Trinajstić information content (AvgIpc) is 2.21. The zero-order chi connectivity index (χ0) is 8.93. The van der Waals surface area contributed by atoms with Gasteiger partial charge in [0.05, 0.1) is 9.52 Å². The Morgan fingerprint density at radius 2 is 0.929 bits per heavy atom. The van der Waals surface area contributed by atoms with Gasteiger partial charge in [0, 0.05) is 18.9 Å². The minimum Gasteiger partial charge on any atom is -0.0633 e. The summed E-state index contributed by atoms with van der Waals surface area (Å²) in [6.07, 6.45) is 0. The molecule has 0 spiro atoms. The van der Waals surface area contributed by atoms with Crippen LogP contribution in [-0.4, -0.2) is 28.4 Å². The molecule has 0 unspecified atom stereocenters. The molecule has 0 aliphatic carbocycles. The first-order valence-electron chi connectivity index (χ1n) is 4.53. The van der Waals surface area contributed by atoms with E-state index < -0.39 is 0 Å². The molecule has 65 valence electrons. The maximum Gasteiger partial charge on any atom is 0.0875 e. The summed E-state index contributed by atoms with van der Waals surface area (Å²) in [5, 5.41) is 3.02. The fraction of sp³-hybridized carbons (Fsp3) is 0. The van der Waals surface area contributed by atoms with Crippen molar-refractivity contribution in [1.29, 1.82) is 0 Å². The van der Waals surface area contributed by atoms with Crippen LogP contribution in [0.4, 0.5) is 0 Å². The van der Waals surface area contributed by atoms with E-state index in [-0.39, 0.29) is 28.4 Å². The number of hydrogen-bond donors (Lipinski definition) is 0. The van der Waals surface area contributed by atoms with E-state index in [1.54, 1.807) is 0 Å². The van der Waals surface area contributed by atoms with Gasteiger partial charge in [-0.05, 0) is 0 Å². The van der Waals surface area contributed by atoms with Gasteiger partial charge in [0.1, 0.15) is 0 Å². The second-order valence-electron chi connectivity index (χ2n) is 3.15. The van der Waals surface area contributed by atoms with E-state index >= 15 is 0 Å². The fourth-order valence-electron chi connectivity index (χ4n) is 1.43. The first kappa shape index (κ1) is 11.3. The molecule has 0 atom stereocenters. The van der Waals surface area contributed by atoms with Gasteiger partial charge >= 0.3 is 0 Å². The first-order valence-corrected chi connectivity index (χ1v) is 5.94. The zero-order valence-corrected chi connectivity index (χ0v) is 9.89. The fourth-order valence-corrected chi connectivity index (χ4v) is 2.91. The molecule has 0 saturated carbocycles. The minimum absolute atomic E-state index is 0. The van der Waals surface area contributed by atoms with E-state index in [4.69, 9.17) is 0 Å². The molecule has 0 N–H and O–H groups in total. The Kier molecular flexibility index (Phi) is 4.75. The molecule has 0 bridgehead atoms. The molecule has 0 saturated heterocycles. The Morgan fingerprint density at radius 3 is 1.29 bits per heavy atom. The molecule has 14 heavy (non-hydrogen) atoms. The van der Waals surface area contributed by atoms with Crippen LogP contribution in [-0.2, 0) is 0 Å². The van der Waals surface area contributed by atoms with E-state index in [0.29, 0.717) is 0 Å². The van der Waals surface area contributed by atoms with Gasteiger partial charge in [0.2, 0.25) is 0 Å². The zero-order valence-electron chi connectivity index (χ0n) is 8.48. The topological polar surface area (TPSA) is 0 Å². The van der Waals surface area contributed by atoms with Crippen LogP contribution in [0.25, 0.3) is 0 Å². The Morgan fingerprint density at radius 1 is 0.571 bits per heavy atom. The van der Waals surface area contributed by atoms with Crippen LogP contribution in [0, 0.1) is 0 Å². The van der Waals surface area contributed by atoms with Gasteiger partial charge in [-0.1, -0.05) is 71.0 Å². The van der Waals surface area contributed by atoms with Crippen molar-refractivity contribution in [3.8, 4) is 0 Å². The quantitative estimate of drug-likeness (QED) is 0.604. The summed E-state index contributed by atoms with van der Waals surface area (Å²) in [6, 6.07) is 21.5. The summed E-state index contributed by atoms with van der Waals surface area (Å²) in [5.74, 6) is 0. The van der Waals surface area contributed by atoms with E-state index in [0.717, 1.165) is 0 Å². The summed E-state index contributed by atoms with van der Waals surface area (Å²) < 4.78 is 0. The molecule has 0 nitrogen and oxygen atoms in total. The maximum absolute atomic E-state index is 2.22. The molecule has 2 aromatic carbocycles. The van der Waals surface area contributed by atoms with E-state index in [9.17, 15) is 0 Å².